The number of nitrogens with two attached hydrogens (primary N) is 1. The number of hydrogen-bond donors (Lipinski definition) is 2. The number of nitrogens with zero attached hydrogens (tertiary/aromatic N) is 1. The van der Waals surface area contributed by atoms with Crippen molar-refractivity contribution in [3.05, 3.63) is 53.6 Å². The van der Waals surface area contributed by atoms with Gasteiger partial charge in [0.15, 0.2) is 0 Å². The van der Waals surface area contributed by atoms with Gasteiger partial charge in [0.2, 0.25) is 0 Å². The maximum atomic E-state index is 12.4. The molecule has 2 aromatic rings. The van der Waals surface area contributed by atoms with Crippen molar-refractivity contribution in [3.8, 4) is 11.5 Å². The molecule has 0 saturated carbocycles. The second kappa shape index (κ2) is 6.17. The number of anilines is 1. The zero-order valence-electron chi connectivity index (χ0n) is 12.0. The topological polar surface area (TPSA) is 75.8 Å². The van der Waals surface area contributed by atoms with Gasteiger partial charge in [0.25, 0.3) is 5.91 Å². The van der Waals surface area contributed by atoms with E-state index in [1.54, 1.807) is 50.6 Å². The van der Waals surface area contributed by atoms with Crippen LogP contribution < -0.4 is 10.5 Å². The van der Waals surface area contributed by atoms with E-state index in [2.05, 4.69) is 0 Å². The number of nitrogen functional groups attached to an aromatic ring is 1. The second-order valence-corrected chi connectivity index (χ2v) is 4.74. The van der Waals surface area contributed by atoms with Crippen LogP contribution in [-0.4, -0.2) is 30.1 Å². The first-order valence-electron chi connectivity index (χ1n) is 6.48. The summed E-state index contributed by atoms with van der Waals surface area (Å²) in [6.45, 7) is 0.303. The maximum Gasteiger partial charge on any atom is 0.255 e. The molecule has 0 aromatic heterocycles. The van der Waals surface area contributed by atoms with Crippen LogP contribution in [-0.2, 0) is 6.54 Å². The Morgan fingerprint density at radius 1 is 1.29 bits per heavy atom. The van der Waals surface area contributed by atoms with E-state index in [9.17, 15) is 9.90 Å². The molecule has 0 saturated heterocycles. The average Bonchev–Trinajstić information content (AvgIpc) is 2.48. The molecule has 5 nitrogen and oxygen atoms in total. The quantitative estimate of drug-likeness (QED) is 0.845. The Bertz CT molecular complexity index is 656. The van der Waals surface area contributed by atoms with Crippen LogP contribution in [0.25, 0.3) is 0 Å². The monoisotopic (exact) mass is 286 g/mol. The molecule has 0 bridgehead atoms. The predicted octanol–water partition coefficient (Wildman–Crippen LogP) is 2.26. The van der Waals surface area contributed by atoms with Gasteiger partial charge in [0.05, 0.1) is 12.7 Å². The van der Waals surface area contributed by atoms with Gasteiger partial charge < -0.3 is 20.5 Å². The number of hydrogen-bond acceptors (Lipinski definition) is 4. The molecular weight excluding hydrogens is 268 g/mol. The molecule has 0 radical (unpaired) electrons. The number of methoxy groups -OCH3 is 1. The zero-order valence-corrected chi connectivity index (χ0v) is 12.0. The third-order valence-electron chi connectivity index (χ3n) is 3.23. The van der Waals surface area contributed by atoms with Crippen LogP contribution in [0.15, 0.2) is 42.5 Å². The number of phenols is 1. The number of ether oxygens (including phenoxy) is 1. The number of benzene rings is 2. The molecule has 21 heavy (non-hydrogen) atoms. The van der Waals surface area contributed by atoms with E-state index in [0.717, 1.165) is 0 Å². The molecule has 0 aliphatic carbocycles. The summed E-state index contributed by atoms with van der Waals surface area (Å²) in [5.74, 6) is 0.561. The molecule has 2 aromatic carbocycles. The zero-order chi connectivity index (χ0) is 15.4. The highest BCUT2D eigenvalue weighted by molar-refractivity contribution is 5.99. The molecule has 5 heteroatoms. The van der Waals surface area contributed by atoms with Crippen LogP contribution in [0.4, 0.5) is 5.69 Å². The molecule has 0 atom stereocenters. The van der Waals surface area contributed by atoms with Crippen LogP contribution in [0.2, 0.25) is 0 Å². The first-order chi connectivity index (χ1) is 10.0. The number of carbonyl (C=O) groups is 1. The fraction of sp³-hybridized carbons (Fsp3) is 0.188. The van der Waals surface area contributed by atoms with Crippen LogP contribution in [0, 0.1) is 0 Å². The molecule has 110 valence electrons. The molecule has 0 fully saturated rings. The Balaban J connectivity index is 2.18. The molecule has 0 heterocycles. The van der Waals surface area contributed by atoms with Gasteiger partial charge in [-0.25, -0.2) is 0 Å². The Labute approximate surface area is 123 Å². The van der Waals surface area contributed by atoms with E-state index >= 15 is 0 Å². The van der Waals surface area contributed by atoms with Crippen molar-refractivity contribution >= 4 is 11.6 Å². The van der Waals surface area contributed by atoms with Crippen molar-refractivity contribution in [1.29, 1.82) is 0 Å². The number of rotatable bonds is 4. The minimum Gasteiger partial charge on any atom is -0.508 e. The minimum atomic E-state index is -0.210. The smallest absolute Gasteiger partial charge is 0.255 e. The van der Waals surface area contributed by atoms with Gasteiger partial charge in [-0.2, -0.15) is 0 Å². The molecule has 0 spiro atoms. The average molecular weight is 286 g/mol. The number of aromatic hydroxyl groups is 1. The second-order valence-electron chi connectivity index (χ2n) is 4.74. The fourth-order valence-electron chi connectivity index (χ4n) is 2.04. The lowest BCUT2D eigenvalue weighted by molar-refractivity contribution is 0.0785. The summed E-state index contributed by atoms with van der Waals surface area (Å²) in [5, 5.41) is 9.76. The summed E-state index contributed by atoms with van der Waals surface area (Å²) in [7, 11) is 3.21. The normalized spacial score (nSPS) is 10.2. The Morgan fingerprint density at radius 2 is 2.00 bits per heavy atom. The molecule has 0 unspecified atom stereocenters. The summed E-state index contributed by atoms with van der Waals surface area (Å²) in [5.41, 5.74) is 7.34. The first kappa shape index (κ1) is 14.7. The number of para-hydroxylation sites is 1. The lowest BCUT2D eigenvalue weighted by atomic mass is 10.1. The number of amides is 1. The van der Waals surface area contributed by atoms with Gasteiger partial charge in [0, 0.05) is 30.9 Å². The molecule has 2 rings (SSSR count). The summed E-state index contributed by atoms with van der Waals surface area (Å²) >= 11 is 0. The van der Waals surface area contributed by atoms with Gasteiger partial charge in [-0.1, -0.05) is 18.2 Å². The van der Waals surface area contributed by atoms with Crippen LogP contribution in [0.5, 0.6) is 11.5 Å². The van der Waals surface area contributed by atoms with Crippen molar-refractivity contribution < 1.29 is 14.6 Å². The van der Waals surface area contributed by atoms with Gasteiger partial charge >= 0.3 is 0 Å². The minimum absolute atomic E-state index is 0.167. The lowest BCUT2D eigenvalue weighted by Crippen LogP contribution is -2.27. The van der Waals surface area contributed by atoms with E-state index in [-0.39, 0.29) is 11.7 Å². The molecular formula is C16H18N2O3. The predicted molar refractivity (Wildman–Crippen MR) is 81.3 cm³/mol. The third kappa shape index (κ3) is 3.25. The molecule has 3 N–H and O–H groups in total. The van der Waals surface area contributed by atoms with Gasteiger partial charge in [0.1, 0.15) is 11.5 Å². The Kier molecular flexibility index (Phi) is 4.33. The molecule has 0 aliphatic rings. The highest BCUT2D eigenvalue weighted by atomic mass is 16.5. The van der Waals surface area contributed by atoms with Crippen molar-refractivity contribution in [2.24, 2.45) is 0 Å². The Morgan fingerprint density at radius 3 is 2.62 bits per heavy atom. The first-order valence-corrected chi connectivity index (χ1v) is 6.48. The maximum absolute atomic E-state index is 12.4. The van der Waals surface area contributed by atoms with E-state index in [1.165, 1.54) is 4.90 Å². The SMILES string of the molecule is COc1ccc(C(=O)N(C)Cc2ccccc2O)c(N)c1. The largest absolute Gasteiger partial charge is 0.508 e. The van der Waals surface area contributed by atoms with Crippen LogP contribution in [0.3, 0.4) is 0 Å². The van der Waals surface area contributed by atoms with Crippen molar-refractivity contribution in [1.82, 2.24) is 4.90 Å². The van der Waals surface area contributed by atoms with E-state index < -0.39 is 0 Å². The van der Waals surface area contributed by atoms with Crippen LogP contribution >= 0.6 is 0 Å². The van der Waals surface area contributed by atoms with Crippen molar-refractivity contribution in [2.45, 2.75) is 6.54 Å². The third-order valence-corrected chi connectivity index (χ3v) is 3.23. The highest BCUT2D eigenvalue weighted by Gasteiger charge is 2.16. The summed E-state index contributed by atoms with van der Waals surface area (Å²) < 4.78 is 5.06. The standard InChI is InChI=1S/C16H18N2O3/c1-18(10-11-5-3-4-6-15(11)19)16(20)13-8-7-12(21-2)9-14(13)17/h3-9,19H,10,17H2,1-2H3. The summed E-state index contributed by atoms with van der Waals surface area (Å²) in [6, 6.07) is 11.9. The van der Waals surface area contributed by atoms with Crippen molar-refractivity contribution in [3.63, 3.8) is 0 Å². The lowest BCUT2D eigenvalue weighted by Gasteiger charge is -2.19. The van der Waals surface area contributed by atoms with E-state index in [0.29, 0.717) is 29.1 Å². The van der Waals surface area contributed by atoms with Gasteiger partial charge in [-0.3, -0.25) is 4.79 Å². The highest BCUT2D eigenvalue weighted by Crippen LogP contribution is 2.22. The summed E-state index contributed by atoms with van der Waals surface area (Å²) in [4.78, 5) is 13.9. The van der Waals surface area contributed by atoms with Gasteiger partial charge in [-0.15, -0.1) is 0 Å². The fourth-order valence-corrected chi connectivity index (χ4v) is 2.04. The van der Waals surface area contributed by atoms with Crippen molar-refractivity contribution in [2.75, 3.05) is 19.9 Å². The number of carbonyl (C=O) groups excluding carboxylic acids is 1. The summed E-state index contributed by atoms with van der Waals surface area (Å²) in [6.07, 6.45) is 0. The molecule has 1 amide bonds. The number of phenolic OH excluding ortho intramolecular Hbond substituents is 1. The molecule has 0 aliphatic heterocycles. The Hall–Kier alpha value is -2.69. The van der Waals surface area contributed by atoms with Crippen LogP contribution in [0.1, 0.15) is 15.9 Å². The van der Waals surface area contributed by atoms with E-state index in [1.807, 2.05) is 6.07 Å². The van der Waals surface area contributed by atoms with Gasteiger partial charge in [-0.05, 0) is 18.2 Å². The van der Waals surface area contributed by atoms with E-state index in [4.69, 9.17) is 10.5 Å².